The third-order valence-electron chi connectivity index (χ3n) is 3.38. The normalized spacial score (nSPS) is 11.7. The van der Waals surface area contributed by atoms with Crippen LogP contribution in [0.1, 0.15) is 44.2 Å². The molecule has 1 aromatic carbocycles. The van der Waals surface area contributed by atoms with Gasteiger partial charge in [-0.3, -0.25) is 9.59 Å². The van der Waals surface area contributed by atoms with E-state index in [1.807, 2.05) is 31.2 Å². The number of carbonyl (C=O) groups is 2. The van der Waals surface area contributed by atoms with Gasteiger partial charge in [-0.05, 0) is 30.9 Å². The van der Waals surface area contributed by atoms with Gasteiger partial charge in [-0.1, -0.05) is 43.8 Å². The van der Waals surface area contributed by atoms with Gasteiger partial charge in [0.2, 0.25) is 0 Å². The minimum absolute atomic E-state index is 0.0329. The van der Waals surface area contributed by atoms with Crippen LogP contribution in [0.5, 0.6) is 0 Å². The van der Waals surface area contributed by atoms with Crippen LogP contribution >= 0.6 is 0 Å². The molecule has 0 amide bonds. The number of benzene rings is 1. The molecule has 0 unspecified atom stereocenters. The molecule has 0 spiro atoms. The van der Waals surface area contributed by atoms with Gasteiger partial charge < -0.3 is 4.74 Å². The minimum Gasteiger partial charge on any atom is -0.461 e. The van der Waals surface area contributed by atoms with Gasteiger partial charge in [-0.15, -0.1) is 0 Å². The van der Waals surface area contributed by atoms with Crippen LogP contribution in [0, 0.1) is 5.92 Å². The average Bonchev–Trinajstić information content (AvgIpc) is 2.46. The van der Waals surface area contributed by atoms with Crippen LogP contribution in [-0.4, -0.2) is 11.8 Å². The fraction of sp³-hybridized carbons (Fsp3) is 0.412. The molecule has 0 aliphatic carbocycles. The van der Waals surface area contributed by atoms with Gasteiger partial charge in [0, 0.05) is 12.3 Å². The van der Waals surface area contributed by atoms with E-state index in [1.54, 1.807) is 13.0 Å². The van der Waals surface area contributed by atoms with E-state index in [9.17, 15) is 9.59 Å². The molecule has 0 aliphatic heterocycles. The molecular formula is C17H22O3. The smallest absolute Gasteiger partial charge is 0.306 e. The average molecular weight is 274 g/mol. The quantitative estimate of drug-likeness (QED) is 0.678. The summed E-state index contributed by atoms with van der Waals surface area (Å²) in [6, 6.07) is 7.68. The number of ether oxygens (including phenoxy) is 1. The first-order chi connectivity index (χ1) is 9.56. The topological polar surface area (TPSA) is 43.4 Å². The summed E-state index contributed by atoms with van der Waals surface area (Å²) in [6.45, 7) is 7.48. The summed E-state index contributed by atoms with van der Waals surface area (Å²) in [5.74, 6) is -0.146. The molecule has 108 valence electrons. The van der Waals surface area contributed by atoms with Crippen LogP contribution in [0.3, 0.4) is 0 Å². The zero-order valence-corrected chi connectivity index (χ0v) is 12.2. The van der Waals surface area contributed by atoms with Crippen molar-refractivity contribution in [2.45, 2.75) is 39.7 Å². The lowest BCUT2D eigenvalue weighted by molar-refractivity contribution is -0.145. The van der Waals surface area contributed by atoms with E-state index in [0.29, 0.717) is 12.8 Å². The van der Waals surface area contributed by atoms with Crippen LogP contribution in [0.25, 0.3) is 6.08 Å². The Morgan fingerprint density at radius 2 is 1.95 bits per heavy atom. The highest BCUT2D eigenvalue weighted by molar-refractivity contribution is 5.79. The number of hydrogen-bond acceptors (Lipinski definition) is 3. The SMILES string of the molecule is C=Cc1ccc(COC(=O)CC[C@H](CC)C(C)=O)cc1. The van der Waals surface area contributed by atoms with Crippen LogP contribution in [0.2, 0.25) is 0 Å². The van der Waals surface area contributed by atoms with Crippen molar-refractivity contribution in [3.05, 3.63) is 42.0 Å². The standard InChI is InChI=1S/C17H22O3/c1-4-14-6-8-15(9-7-14)12-20-17(19)11-10-16(5-2)13(3)18/h4,6-9,16H,1,5,10-12H2,2-3H3/t16-/m0/s1. The Morgan fingerprint density at radius 3 is 2.45 bits per heavy atom. The number of carbonyl (C=O) groups excluding carboxylic acids is 2. The maximum atomic E-state index is 11.6. The van der Waals surface area contributed by atoms with Crippen molar-refractivity contribution in [3.63, 3.8) is 0 Å². The Hall–Kier alpha value is -1.90. The Balaban J connectivity index is 2.35. The molecule has 0 N–H and O–H groups in total. The lowest BCUT2D eigenvalue weighted by Crippen LogP contribution is -2.13. The highest BCUT2D eigenvalue weighted by atomic mass is 16.5. The van der Waals surface area contributed by atoms with E-state index in [2.05, 4.69) is 6.58 Å². The summed E-state index contributed by atoms with van der Waals surface area (Å²) >= 11 is 0. The summed E-state index contributed by atoms with van der Waals surface area (Å²) in [7, 11) is 0. The van der Waals surface area contributed by atoms with Crippen LogP contribution < -0.4 is 0 Å². The molecule has 0 aliphatic rings. The first-order valence-corrected chi connectivity index (χ1v) is 6.94. The number of hydrogen-bond donors (Lipinski definition) is 0. The lowest BCUT2D eigenvalue weighted by Gasteiger charge is -2.10. The summed E-state index contributed by atoms with van der Waals surface area (Å²) in [4.78, 5) is 22.9. The van der Waals surface area contributed by atoms with Crippen molar-refractivity contribution in [1.82, 2.24) is 0 Å². The first-order valence-electron chi connectivity index (χ1n) is 6.94. The minimum atomic E-state index is -0.252. The fourth-order valence-electron chi connectivity index (χ4n) is 1.97. The number of ketones is 1. The van der Waals surface area contributed by atoms with Crippen LogP contribution in [0.15, 0.2) is 30.8 Å². The summed E-state index contributed by atoms with van der Waals surface area (Å²) in [5, 5.41) is 0. The Labute approximate surface area is 120 Å². The number of esters is 1. The molecule has 1 atom stereocenters. The summed E-state index contributed by atoms with van der Waals surface area (Å²) in [6.07, 6.45) is 3.40. The van der Waals surface area contributed by atoms with Crippen LogP contribution in [0.4, 0.5) is 0 Å². The van der Waals surface area contributed by atoms with E-state index in [0.717, 1.165) is 17.5 Å². The monoisotopic (exact) mass is 274 g/mol. The van der Waals surface area contributed by atoms with Crippen molar-refractivity contribution in [3.8, 4) is 0 Å². The van der Waals surface area contributed by atoms with Crippen LogP contribution in [-0.2, 0) is 20.9 Å². The zero-order chi connectivity index (χ0) is 15.0. The van der Waals surface area contributed by atoms with Gasteiger partial charge >= 0.3 is 5.97 Å². The van der Waals surface area contributed by atoms with E-state index in [4.69, 9.17) is 4.74 Å². The van der Waals surface area contributed by atoms with Gasteiger partial charge in [-0.2, -0.15) is 0 Å². The van der Waals surface area contributed by atoms with Crippen molar-refractivity contribution in [2.24, 2.45) is 5.92 Å². The van der Waals surface area contributed by atoms with Gasteiger partial charge in [0.15, 0.2) is 0 Å². The van der Waals surface area contributed by atoms with Crippen molar-refractivity contribution < 1.29 is 14.3 Å². The predicted octanol–water partition coefficient (Wildman–Crippen LogP) is 3.77. The van der Waals surface area contributed by atoms with Crippen molar-refractivity contribution in [2.75, 3.05) is 0 Å². The van der Waals surface area contributed by atoms with E-state index >= 15 is 0 Å². The Bertz CT molecular complexity index is 460. The summed E-state index contributed by atoms with van der Waals surface area (Å²) < 4.78 is 5.20. The molecule has 0 aromatic heterocycles. The molecule has 0 bridgehead atoms. The van der Waals surface area contributed by atoms with Gasteiger partial charge in [0.1, 0.15) is 12.4 Å². The molecule has 0 saturated carbocycles. The van der Waals surface area contributed by atoms with Gasteiger partial charge in [-0.25, -0.2) is 0 Å². The van der Waals surface area contributed by atoms with Gasteiger partial charge in [0.05, 0.1) is 0 Å². The molecular weight excluding hydrogens is 252 g/mol. The maximum absolute atomic E-state index is 11.6. The molecule has 0 saturated heterocycles. The molecule has 3 heteroatoms. The Morgan fingerprint density at radius 1 is 1.30 bits per heavy atom. The molecule has 1 aromatic rings. The molecule has 0 radical (unpaired) electrons. The molecule has 20 heavy (non-hydrogen) atoms. The second-order valence-corrected chi connectivity index (χ2v) is 4.86. The highest BCUT2D eigenvalue weighted by Crippen LogP contribution is 2.13. The Kier molecular flexibility index (Phi) is 6.71. The fourth-order valence-corrected chi connectivity index (χ4v) is 1.97. The molecule has 3 nitrogen and oxygen atoms in total. The second-order valence-electron chi connectivity index (χ2n) is 4.86. The first kappa shape index (κ1) is 16.2. The van der Waals surface area contributed by atoms with E-state index in [1.165, 1.54) is 0 Å². The highest BCUT2D eigenvalue weighted by Gasteiger charge is 2.14. The lowest BCUT2D eigenvalue weighted by atomic mass is 9.96. The molecule has 0 heterocycles. The third kappa shape index (κ3) is 5.39. The summed E-state index contributed by atoms with van der Waals surface area (Å²) in [5.41, 5.74) is 1.98. The van der Waals surface area contributed by atoms with Crippen molar-refractivity contribution >= 4 is 17.8 Å². The third-order valence-corrected chi connectivity index (χ3v) is 3.38. The maximum Gasteiger partial charge on any atom is 0.306 e. The predicted molar refractivity (Wildman–Crippen MR) is 80.0 cm³/mol. The van der Waals surface area contributed by atoms with E-state index < -0.39 is 0 Å². The molecule has 0 fully saturated rings. The largest absolute Gasteiger partial charge is 0.461 e. The zero-order valence-electron chi connectivity index (χ0n) is 12.2. The van der Waals surface area contributed by atoms with E-state index in [-0.39, 0.29) is 24.3 Å². The number of Topliss-reactive ketones (excluding diaryl/α,β-unsaturated/α-hetero) is 1. The van der Waals surface area contributed by atoms with Crippen molar-refractivity contribution in [1.29, 1.82) is 0 Å². The molecule has 1 rings (SSSR count). The second kappa shape index (κ2) is 8.31. The van der Waals surface area contributed by atoms with Gasteiger partial charge in [0.25, 0.3) is 0 Å². The number of rotatable bonds is 8.